The van der Waals surface area contributed by atoms with E-state index < -0.39 is 0 Å². The average Bonchev–Trinajstić information content (AvgIpc) is 2.77. The van der Waals surface area contributed by atoms with Gasteiger partial charge in [-0.05, 0) is 18.0 Å². The Morgan fingerprint density at radius 1 is 1.37 bits per heavy atom. The zero-order valence-corrected chi connectivity index (χ0v) is 11.2. The molecule has 1 amide bonds. The van der Waals surface area contributed by atoms with Crippen molar-refractivity contribution in [3.05, 3.63) is 11.6 Å². The van der Waals surface area contributed by atoms with E-state index in [1.807, 2.05) is 11.9 Å². The summed E-state index contributed by atoms with van der Waals surface area (Å²) >= 11 is 5.91. The highest BCUT2D eigenvalue weighted by molar-refractivity contribution is 6.28. The maximum absolute atomic E-state index is 11.9. The van der Waals surface area contributed by atoms with Crippen molar-refractivity contribution >= 4 is 34.5 Å². The zero-order valence-electron chi connectivity index (χ0n) is 10.4. The van der Waals surface area contributed by atoms with Gasteiger partial charge in [0.1, 0.15) is 5.52 Å². The van der Waals surface area contributed by atoms with Crippen LogP contribution in [0.4, 0.5) is 5.82 Å². The van der Waals surface area contributed by atoms with Crippen molar-refractivity contribution in [1.29, 1.82) is 0 Å². The lowest BCUT2D eigenvalue weighted by Gasteiger charge is -2.21. The predicted octanol–water partition coefficient (Wildman–Crippen LogP) is 0.675. The van der Waals surface area contributed by atoms with Gasteiger partial charge in [0, 0.05) is 20.1 Å². The minimum Gasteiger partial charge on any atom is -0.345 e. The van der Waals surface area contributed by atoms with Gasteiger partial charge in [0.05, 0.1) is 12.9 Å². The third kappa shape index (κ3) is 2.21. The van der Waals surface area contributed by atoms with Crippen molar-refractivity contribution in [2.45, 2.75) is 6.42 Å². The second-order valence-corrected chi connectivity index (χ2v) is 4.85. The van der Waals surface area contributed by atoms with Gasteiger partial charge in [-0.3, -0.25) is 4.79 Å². The van der Waals surface area contributed by atoms with Crippen LogP contribution < -0.4 is 4.90 Å². The molecular weight excluding hydrogens is 268 g/mol. The van der Waals surface area contributed by atoms with Crippen LogP contribution in [0.5, 0.6) is 0 Å². The van der Waals surface area contributed by atoms with Crippen molar-refractivity contribution in [1.82, 2.24) is 24.8 Å². The molecule has 0 saturated carbocycles. The largest absolute Gasteiger partial charge is 0.345 e. The number of aromatic nitrogens is 4. The monoisotopic (exact) mass is 280 g/mol. The predicted molar refractivity (Wildman–Crippen MR) is 71.2 cm³/mol. The van der Waals surface area contributed by atoms with Gasteiger partial charge in [-0.1, -0.05) is 0 Å². The van der Waals surface area contributed by atoms with E-state index in [0.29, 0.717) is 17.0 Å². The van der Waals surface area contributed by atoms with Crippen molar-refractivity contribution < 1.29 is 4.79 Å². The normalized spacial score (nSPS) is 17.1. The number of hydrogen-bond acceptors (Lipinski definition) is 5. The Kier molecular flexibility index (Phi) is 2.98. The van der Waals surface area contributed by atoms with Crippen molar-refractivity contribution in [3.8, 4) is 0 Å². The van der Waals surface area contributed by atoms with Gasteiger partial charge >= 0.3 is 0 Å². The standard InChI is InChI=1S/C11H13ClN6O/c1-17-3-2-4-18(5-7(17)19)10-8-9(14-6-13-8)15-11(12)16-10/h6H,2-5H2,1H3,(H,13,14,15,16). The Labute approximate surface area is 114 Å². The van der Waals surface area contributed by atoms with Crippen molar-refractivity contribution in [3.63, 3.8) is 0 Å². The van der Waals surface area contributed by atoms with Crippen molar-refractivity contribution in [2.75, 3.05) is 31.6 Å². The van der Waals surface area contributed by atoms with Gasteiger partial charge in [0.25, 0.3) is 0 Å². The Balaban J connectivity index is 2.03. The summed E-state index contributed by atoms with van der Waals surface area (Å²) in [4.78, 5) is 30.9. The minimum atomic E-state index is 0.0694. The molecule has 0 spiro atoms. The second-order valence-electron chi connectivity index (χ2n) is 4.51. The molecule has 2 aromatic heterocycles. The van der Waals surface area contributed by atoms with Crippen LogP contribution in [0.15, 0.2) is 6.33 Å². The number of fused-ring (bicyclic) bond motifs is 1. The van der Waals surface area contributed by atoms with E-state index in [4.69, 9.17) is 11.6 Å². The lowest BCUT2D eigenvalue weighted by atomic mass is 10.3. The fraction of sp³-hybridized carbons (Fsp3) is 0.455. The van der Waals surface area contributed by atoms with Crippen LogP contribution in [0.3, 0.4) is 0 Å². The second kappa shape index (κ2) is 4.65. The van der Waals surface area contributed by atoms with Gasteiger partial charge in [-0.25, -0.2) is 4.98 Å². The maximum Gasteiger partial charge on any atom is 0.241 e. The highest BCUT2D eigenvalue weighted by atomic mass is 35.5. The molecule has 0 unspecified atom stereocenters. The number of amides is 1. The quantitative estimate of drug-likeness (QED) is 0.777. The van der Waals surface area contributed by atoms with E-state index in [-0.39, 0.29) is 17.7 Å². The van der Waals surface area contributed by atoms with Crippen LogP contribution in [-0.4, -0.2) is 57.4 Å². The molecule has 100 valence electrons. The Hall–Kier alpha value is -1.89. The molecule has 2 aromatic rings. The van der Waals surface area contributed by atoms with Crippen LogP contribution in [0.25, 0.3) is 11.2 Å². The summed E-state index contributed by atoms with van der Waals surface area (Å²) in [7, 11) is 1.81. The SMILES string of the molecule is CN1CCCN(c2nc(Cl)nc3nc[nH]c23)CC1=O. The van der Waals surface area contributed by atoms with Crippen LogP contribution in [0.2, 0.25) is 5.28 Å². The lowest BCUT2D eigenvalue weighted by Crippen LogP contribution is -2.34. The molecule has 1 N–H and O–H groups in total. The molecule has 8 heteroatoms. The molecule has 1 saturated heterocycles. The van der Waals surface area contributed by atoms with E-state index in [9.17, 15) is 4.79 Å². The molecule has 1 aliphatic heterocycles. The summed E-state index contributed by atoms with van der Waals surface area (Å²) in [5.41, 5.74) is 1.22. The summed E-state index contributed by atoms with van der Waals surface area (Å²) in [5, 5.41) is 0.139. The van der Waals surface area contributed by atoms with Crippen LogP contribution in [0, 0.1) is 0 Å². The van der Waals surface area contributed by atoms with Gasteiger partial charge in [0.2, 0.25) is 11.2 Å². The fourth-order valence-corrected chi connectivity index (χ4v) is 2.35. The van der Waals surface area contributed by atoms with E-state index >= 15 is 0 Å². The number of carbonyl (C=O) groups is 1. The third-order valence-electron chi connectivity index (χ3n) is 3.21. The van der Waals surface area contributed by atoms with E-state index in [0.717, 1.165) is 19.5 Å². The topological polar surface area (TPSA) is 78.0 Å². The van der Waals surface area contributed by atoms with E-state index in [2.05, 4.69) is 19.9 Å². The first-order valence-electron chi connectivity index (χ1n) is 6.00. The molecule has 0 atom stereocenters. The number of carbonyl (C=O) groups excluding carboxylic acids is 1. The number of nitrogens with zero attached hydrogens (tertiary/aromatic N) is 5. The van der Waals surface area contributed by atoms with E-state index in [1.165, 1.54) is 0 Å². The summed E-state index contributed by atoms with van der Waals surface area (Å²) in [5.74, 6) is 0.705. The number of aromatic amines is 1. The van der Waals surface area contributed by atoms with Crippen molar-refractivity contribution in [2.24, 2.45) is 0 Å². The summed E-state index contributed by atoms with van der Waals surface area (Å²) in [6.45, 7) is 1.79. The molecule has 1 aliphatic rings. The molecule has 3 rings (SSSR count). The molecule has 0 aromatic carbocycles. The number of halogens is 1. The number of nitrogens with one attached hydrogen (secondary N) is 1. The molecular formula is C11H13ClN6O. The van der Waals surface area contributed by atoms with E-state index in [1.54, 1.807) is 11.2 Å². The Morgan fingerprint density at radius 3 is 3.05 bits per heavy atom. The van der Waals surface area contributed by atoms with Crippen LogP contribution >= 0.6 is 11.6 Å². The number of anilines is 1. The first kappa shape index (κ1) is 12.2. The lowest BCUT2D eigenvalue weighted by molar-refractivity contribution is -0.127. The van der Waals surface area contributed by atoms with Gasteiger partial charge in [-0.2, -0.15) is 9.97 Å². The van der Waals surface area contributed by atoms with Gasteiger partial charge < -0.3 is 14.8 Å². The first-order valence-corrected chi connectivity index (χ1v) is 6.38. The molecule has 1 fully saturated rings. The highest BCUT2D eigenvalue weighted by Crippen LogP contribution is 2.23. The summed E-state index contributed by atoms with van der Waals surface area (Å²) in [6.07, 6.45) is 2.43. The zero-order chi connectivity index (χ0) is 13.4. The average molecular weight is 281 g/mol. The molecule has 0 radical (unpaired) electrons. The molecule has 0 bridgehead atoms. The highest BCUT2D eigenvalue weighted by Gasteiger charge is 2.23. The molecule has 19 heavy (non-hydrogen) atoms. The Morgan fingerprint density at radius 2 is 2.21 bits per heavy atom. The number of rotatable bonds is 1. The number of H-pyrrole nitrogens is 1. The van der Waals surface area contributed by atoms with Crippen LogP contribution in [0.1, 0.15) is 6.42 Å². The van der Waals surface area contributed by atoms with Gasteiger partial charge in [0.15, 0.2) is 11.5 Å². The van der Waals surface area contributed by atoms with Crippen LogP contribution in [-0.2, 0) is 4.79 Å². The molecule has 0 aliphatic carbocycles. The number of imidazole rings is 1. The number of hydrogen-bond donors (Lipinski definition) is 1. The smallest absolute Gasteiger partial charge is 0.241 e. The Bertz CT molecular complexity index is 627. The minimum absolute atomic E-state index is 0.0694. The fourth-order valence-electron chi connectivity index (χ4n) is 2.19. The third-order valence-corrected chi connectivity index (χ3v) is 3.38. The summed E-state index contributed by atoms with van der Waals surface area (Å²) in [6, 6.07) is 0. The molecule has 7 nitrogen and oxygen atoms in total. The first-order chi connectivity index (χ1) is 9.15. The van der Waals surface area contributed by atoms with Gasteiger partial charge in [-0.15, -0.1) is 0 Å². The summed E-state index contributed by atoms with van der Waals surface area (Å²) < 4.78 is 0. The maximum atomic E-state index is 11.9. The molecule has 3 heterocycles. The number of likely N-dealkylation sites (N-methyl/N-ethyl adjacent to an activating group) is 1.